The van der Waals surface area contributed by atoms with E-state index in [9.17, 15) is 9.59 Å². The molecule has 0 unspecified atom stereocenters. The van der Waals surface area contributed by atoms with E-state index in [2.05, 4.69) is 0 Å². The van der Waals surface area contributed by atoms with Gasteiger partial charge in [0.2, 0.25) is 0 Å². The van der Waals surface area contributed by atoms with Crippen LogP contribution >= 0.6 is 0 Å². The fraction of sp³-hybridized carbons (Fsp3) is 0.250. The van der Waals surface area contributed by atoms with Crippen LogP contribution in [-0.4, -0.2) is 22.3 Å². The molecule has 0 N–H and O–H groups in total. The van der Waals surface area contributed by atoms with E-state index >= 15 is 0 Å². The molecule has 0 spiro atoms. The summed E-state index contributed by atoms with van der Waals surface area (Å²) in [5, 5.41) is 0. The topological polar surface area (TPSA) is 50.5 Å². The van der Waals surface area contributed by atoms with Crippen LogP contribution in [-0.2, 0) is 0 Å². The van der Waals surface area contributed by atoms with Crippen molar-refractivity contribution in [2.24, 2.45) is 0 Å². The molecule has 2 rings (SSSR count). The number of nitrogens with zero attached hydrogens (tertiary/aromatic N) is 1. The minimum absolute atomic E-state index is 0.157. The van der Waals surface area contributed by atoms with E-state index in [0.717, 1.165) is 0 Å². The molecule has 0 saturated heterocycles. The zero-order valence-corrected chi connectivity index (χ0v) is 11.8. The van der Waals surface area contributed by atoms with Gasteiger partial charge in [0.05, 0.1) is 6.26 Å². The first-order chi connectivity index (χ1) is 9.41. The summed E-state index contributed by atoms with van der Waals surface area (Å²) in [6.45, 7) is 5.44. The van der Waals surface area contributed by atoms with Gasteiger partial charge in [-0.1, -0.05) is 18.2 Å². The minimum atomic E-state index is -0.642. The monoisotopic (exact) mass is 271 g/mol. The zero-order chi connectivity index (χ0) is 14.8. The Balaban J connectivity index is 2.39. The molecule has 2 amide bonds. The maximum atomic E-state index is 12.6. The lowest BCUT2D eigenvalue weighted by molar-refractivity contribution is 0.0446. The Morgan fingerprint density at radius 3 is 2.10 bits per heavy atom. The van der Waals surface area contributed by atoms with Crippen LogP contribution in [0.3, 0.4) is 0 Å². The maximum Gasteiger partial charge on any atom is 0.296 e. The summed E-state index contributed by atoms with van der Waals surface area (Å²) in [5.41, 5.74) is -0.168. The normalized spacial score (nSPS) is 11.2. The van der Waals surface area contributed by atoms with E-state index in [4.69, 9.17) is 4.42 Å². The Morgan fingerprint density at radius 1 is 0.950 bits per heavy atom. The lowest BCUT2D eigenvalue weighted by Crippen LogP contribution is -2.49. The highest BCUT2D eigenvalue weighted by atomic mass is 16.3. The molecule has 0 atom stereocenters. The fourth-order valence-corrected chi connectivity index (χ4v) is 1.92. The van der Waals surface area contributed by atoms with Crippen molar-refractivity contribution in [3.63, 3.8) is 0 Å². The molecule has 0 bridgehead atoms. The van der Waals surface area contributed by atoms with Crippen LogP contribution in [0.4, 0.5) is 0 Å². The first kappa shape index (κ1) is 14.1. The molecule has 0 aliphatic heterocycles. The van der Waals surface area contributed by atoms with Gasteiger partial charge in [-0.2, -0.15) is 0 Å². The van der Waals surface area contributed by atoms with E-state index in [1.165, 1.54) is 11.2 Å². The van der Waals surface area contributed by atoms with E-state index < -0.39 is 11.4 Å². The number of imide groups is 1. The van der Waals surface area contributed by atoms with Crippen LogP contribution in [0.15, 0.2) is 53.1 Å². The summed E-state index contributed by atoms with van der Waals surface area (Å²) in [6.07, 6.45) is 1.42. The first-order valence-electron chi connectivity index (χ1n) is 6.38. The molecule has 4 heteroatoms. The third-order valence-electron chi connectivity index (χ3n) is 2.83. The summed E-state index contributed by atoms with van der Waals surface area (Å²) in [4.78, 5) is 26.3. The molecule has 20 heavy (non-hydrogen) atoms. The molecule has 1 heterocycles. The number of carbonyl (C=O) groups is 2. The van der Waals surface area contributed by atoms with Crippen LogP contribution in [0, 0.1) is 0 Å². The Morgan fingerprint density at radius 2 is 1.60 bits per heavy atom. The molecule has 0 aliphatic rings. The fourth-order valence-electron chi connectivity index (χ4n) is 1.92. The van der Waals surface area contributed by atoms with Gasteiger partial charge in [-0.05, 0) is 45.0 Å². The van der Waals surface area contributed by atoms with Crippen LogP contribution in [0.1, 0.15) is 41.7 Å². The Kier molecular flexibility index (Phi) is 3.74. The molecule has 1 aromatic carbocycles. The van der Waals surface area contributed by atoms with E-state index in [1.807, 2.05) is 26.8 Å². The highest BCUT2D eigenvalue weighted by Crippen LogP contribution is 2.21. The number of hydrogen-bond acceptors (Lipinski definition) is 3. The number of carbonyl (C=O) groups excluding carboxylic acids is 2. The van der Waals surface area contributed by atoms with E-state index in [1.54, 1.807) is 36.4 Å². The number of hydrogen-bond donors (Lipinski definition) is 0. The number of rotatable bonds is 2. The smallest absolute Gasteiger partial charge is 0.296 e. The van der Waals surface area contributed by atoms with Gasteiger partial charge in [0.25, 0.3) is 11.8 Å². The number of furan rings is 1. The minimum Gasteiger partial charge on any atom is -0.459 e. The second kappa shape index (κ2) is 5.33. The Hall–Kier alpha value is -2.36. The van der Waals surface area contributed by atoms with Crippen molar-refractivity contribution in [2.75, 3.05) is 0 Å². The van der Waals surface area contributed by atoms with Crippen molar-refractivity contribution in [3.05, 3.63) is 60.1 Å². The largest absolute Gasteiger partial charge is 0.459 e. The van der Waals surface area contributed by atoms with Crippen LogP contribution in [0.25, 0.3) is 0 Å². The second-order valence-electron chi connectivity index (χ2n) is 5.46. The van der Waals surface area contributed by atoms with Crippen molar-refractivity contribution in [1.29, 1.82) is 0 Å². The standard InChI is InChI=1S/C16H17NO3/c1-16(2,3)17(15(19)13-10-7-11-20-13)14(18)12-8-5-4-6-9-12/h4-11H,1-3H3. The zero-order valence-electron chi connectivity index (χ0n) is 11.8. The Labute approximate surface area is 118 Å². The van der Waals surface area contributed by atoms with Crippen molar-refractivity contribution in [3.8, 4) is 0 Å². The summed E-state index contributed by atoms with van der Waals surface area (Å²) in [7, 11) is 0. The SMILES string of the molecule is CC(C)(C)N(C(=O)c1ccccc1)C(=O)c1ccco1. The predicted octanol–water partition coefficient (Wildman–Crippen LogP) is 3.36. The van der Waals surface area contributed by atoms with Gasteiger partial charge >= 0.3 is 0 Å². The molecule has 2 aromatic rings. The van der Waals surface area contributed by atoms with Crippen molar-refractivity contribution in [1.82, 2.24) is 4.90 Å². The summed E-state index contributed by atoms with van der Waals surface area (Å²) in [5.74, 6) is -0.611. The molecule has 4 nitrogen and oxygen atoms in total. The highest BCUT2D eigenvalue weighted by Gasteiger charge is 2.34. The lowest BCUT2D eigenvalue weighted by atomic mass is 10.0. The predicted molar refractivity (Wildman–Crippen MR) is 75.4 cm³/mol. The summed E-state index contributed by atoms with van der Waals surface area (Å²) >= 11 is 0. The van der Waals surface area contributed by atoms with Crippen molar-refractivity contribution in [2.45, 2.75) is 26.3 Å². The van der Waals surface area contributed by atoms with Crippen molar-refractivity contribution >= 4 is 11.8 Å². The Bertz CT molecular complexity index is 594. The third-order valence-corrected chi connectivity index (χ3v) is 2.83. The lowest BCUT2D eigenvalue weighted by Gasteiger charge is -2.33. The van der Waals surface area contributed by atoms with Gasteiger partial charge < -0.3 is 4.42 Å². The summed E-state index contributed by atoms with van der Waals surface area (Å²) < 4.78 is 5.11. The average molecular weight is 271 g/mol. The molecule has 104 valence electrons. The molecule has 0 aliphatic carbocycles. The third kappa shape index (κ3) is 2.79. The number of amides is 2. The molecular weight excluding hydrogens is 254 g/mol. The average Bonchev–Trinajstić information content (AvgIpc) is 2.92. The molecular formula is C16H17NO3. The second-order valence-corrected chi connectivity index (χ2v) is 5.46. The highest BCUT2D eigenvalue weighted by molar-refractivity contribution is 6.09. The quantitative estimate of drug-likeness (QED) is 0.787. The molecule has 0 radical (unpaired) electrons. The van der Waals surface area contributed by atoms with Gasteiger partial charge in [0.1, 0.15) is 0 Å². The van der Waals surface area contributed by atoms with Gasteiger partial charge in [0, 0.05) is 11.1 Å². The van der Waals surface area contributed by atoms with E-state index in [0.29, 0.717) is 5.56 Å². The maximum absolute atomic E-state index is 12.6. The summed E-state index contributed by atoms with van der Waals surface area (Å²) in [6, 6.07) is 11.9. The van der Waals surface area contributed by atoms with Crippen LogP contribution in [0.2, 0.25) is 0 Å². The molecule has 0 saturated carbocycles. The number of benzene rings is 1. The molecule has 0 fully saturated rings. The van der Waals surface area contributed by atoms with Gasteiger partial charge in [0.15, 0.2) is 5.76 Å². The van der Waals surface area contributed by atoms with Crippen LogP contribution < -0.4 is 0 Å². The van der Waals surface area contributed by atoms with Gasteiger partial charge in [-0.15, -0.1) is 0 Å². The molecule has 1 aromatic heterocycles. The van der Waals surface area contributed by atoms with Crippen LogP contribution in [0.5, 0.6) is 0 Å². The van der Waals surface area contributed by atoms with Gasteiger partial charge in [-0.25, -0.2) is 0 Å². The van der Waals surface area contributed by atoms with Crippen molar-refractivity contribution < 1.29 is 14.0 Å². The van der Waals surface area contributed by atoms with E-state index in [-0.39, 0.29) is 11.7 Å². The van der Waals surface area contributed by atoms with Gasteiger partial charge in [-0.3, -0.25) is 14.5 Å². The first-order valence-corrected chi connectivity index (χ1v) is 6.38.